The highest BCUT2D eigenvalue weighted by molar-refractivity contribution is 5.76. The van der Waals surface area contributed by atoms with Gasteiger partial charge < -0.3 is 4.74 Å². The van der Waals surface area contributed by atoms with Gasteiger partial charge in [0, 0.05) is 5.56 Å². The number of rotatable bonds is 4. The third kappa shape index (κ3) is 2.22. The highest BCUT2D eigenvalue weighted by Gasteiger charge is 2.04. The van der Waals surface area contributed by atoms with Gasteiger partial charge in [-0.3, -0.25) is 4.79 Å². The highest BCUT2D eigenvalue weighted by atomic mass is 16.5. The molecule has 0 unspecified atom stereocenters. The molecule has 0 aliphatic carbocycles. The van der Waals surface area contributed by atoms with Crippen molar-refractivity contribution in [2.24, 2.45) is 0 Å². The molecule has 0 aliphatic heterocycles. The summed E-state index contributed by atoms with van der Waals surface area (Å²) in [5.74, 6) is 0.843. The van der Waals surface area contributed by atoms with E-state index in [1.165, 1.54) is 0 Å². The van der Waals surface area contributed by atoms with E-state index in [0.717, 1.165) is 23.2 Å². The average Bonchev–Trinajstić information content (AvgIpc) is 2.16. The maximum atomic E-state index is 10.6. The van der Waals surface area contributed by atoms with E-state index in [-0.39, 0.29) is 0 Å². The Hall–Kier alpha value is -1.57. The van der Waals surface area contributed by atoms with Crippen LogP contribution in [0.1, 0.15) is 21.5 Å². The zero-order valence-corrected chi connectivity index (χ0v) is 8.54. The Kier molecular flexibility index (Phi) is 3.46. The number of benzene rings is 1. The molecule has 0 saturated heterocycles. The van der Waals surface area contributed by atoms with Gasteiger partial charge in [-0.25, -0.2) is 0 Å². The average molecular weight is 190 g/mol. The first-order valence-electron chi connectivity index (χ1n) is 4.49. The summed E-state index contributed by atoms with van der Waals surface area (Å²) >= 11 is 0. The Balaban J connectivity index is 3.04. The molecule has 0 radical (unpaired) electrons. The van der Waals surface area contributed by atoms with Crippen molar-refractivity contribution < 1.29 is 9.53 Å². The second-order valence-corrected chi connectivity index (χ2v) is 3.20. The number of aryl methyl sites for hydroxylation is 2. The van der Waals surface area contributed by atoms with E-state index in [2.05, 4.69) is 6.58 Å². The molecule has 1 rings (SSSR count). The number of aldehydes is 1. The summed E-state index contributed by atoms with van der Waals surface area (Å²) in [4.78, 5) is 10.6. The van der Waals surface area contributed by atoms with Crippen LogP contribution >= 0.6 is 0 Å². The van der Waals surface area contributed by atoms with E-state index in [4.69, 9.17) is 4.74 Å². The van der Waals surface area contributed by atoms with Crippen molar-refractivity contribution in [1.29, 1.82) is 0 Å². The van der Waals surface area contributed by atoms with Crippen molar-refractivity contribution in [2.45, 2.75) is 13.8 Å². The second kappa shape index (κ2) is 4.61. The molecule has 0 spiro atoms. The number of hydrogen-bond acceptors (Lipinski definition) is 2. The molecule has 2 heteroatoms. The van der Waals surface area contributed by atoms with Crippen molar-refractivity contribution in [3.8, 4) is 5.75 Å². The number of carbonyl (C=O) groups excluding carboxylic acids is 1. The van der Waals surface area contributed by atoms with Gasteiger partial charge in [0.2, 0.25) is 0 Å². The molecule has 0 bridgehead atoms. The van der Waals surface area contributed by atoms with Gasteiger partial charge in [0.1, 0.15) is 18.6 Å². The normalized spacial score (nSPS) is 9.57. The van der Waals surface area contributed by atoms with Crippen LogP contribution in [0.2, 0.25) is 0 Å². The lowest BCUT2D eigenvalue weighted by atomic mass is 10.1. The summed E-state index contributed by atoms with van der Waals surface area (Å²) in [7, 11) is 0. The zero-order chi connectivity index (χ0) is 10.6. The molecule has 74 valence electrons. The molecule has 0 aliphatic rings. The van der Waals surface area contributed by atoms with E-state index in [9.17, 15) is 4.79 Å². The molecule has 1 aromatic rings. The summed E-state index contributed by atoms with van der Waals surface area (Å²) < 4.78 is 5.48. The Morgan fingerprint density at radius 3 is 2.36 bits per heavy atom. The van der Waals surface area contributed by atoms with Crippen molar-refractivity contribution in [1.82, 2.24) is 0 Å². The van der Waals surface area contributed by atoms with Crippen molar-refractivity contribution in [2.75, 3.05) is 6.61 Å². The Morgan fingerprint density at radius 2 is 1.93 bits per heavy atom. The molecule has 14 heavy (non-hydrogen) atoms. The summed E-state index contributed by atoms with van der Waals surface area (Å²) in [6.45, 7) is 7.93. The fourth-order valence-electron chi connectivity index (χ4n) is 1.42. The van der Waals surface area contributed by atoms with E-state index in [1.807, 2.05) is 26.0 Å². The first-order valence-corrected chi connectivity index (χ1v) is 4.49. The number of carbonyl (C=O) groups is 1. The maximum absolute atomic E-state index is 10.6. The van der Waals surface area contributed by atoms with Crippen molar-refractivity contribution in [3.63, 3.8) is 0 Å². The smallest absolute Gasteiger partial charge is 0.150 e. The highest BCUT2D eigenvalue weighted by Crippen LogP contribution is 2.24. The van der Waals surface area contributed by atoms with E-state index >= 15 is 0 Å². The maximum Gasteiger partial charge on any atom is 0.150 e. The summed E-state index contributed by atoms with van der Waals surface area (Å²) in [6.07, 6.45) is 2.55. The molecule has 0 amide bonds. The van der Waals surface area contributed by atoms with E-state index in [0.29, 0.717) is 12.2 Å². The van der Waals surface area contributed by atoms with Crippen LogP contribution < -0.4 is 4.74 Å². The van der Waals surface area contributed by atoms with Crippen LogP contribution in [0, 0.1) is 13.8 Å². The van der Waals surface area contributed by atoms with E-state index < -0.39 is 0 Å². The minimum Gasteiger partial charge on any atom is -0.489 e. The quantitative estimate of drug-likeness (QED) is 0.539. The molecule has 0 atom stereocenters. The van der Waals surface area contributed by atoms with Crippen molar-refractivity contribution >= 4 is 6.29 Å². The van der Waals surface area contributed by atoms with Crippen LogP contribution in [0.3, 0.4) is 0 Å². The standard InChI is InChI=1S/C12H14O2/c1-4-5-14-12-9(2)6-11(8-13)7-10(12)3/h4,6-8H,1,5H2,2-3H3. The molecule has 0 heterocycles. The van der Waals surface area contributed by atoms with Crippen LogP contribution in [0.5, 0.6) is 5.75 Å². The third-order valence-electron chi connectivity index (χ3n) is 1.96. The van der Waals surface area contributed by atoms with Gasteiger partial charge in [-0.05, 0) is 37.1 Å². The molecule has 1 aromatic carbocycles. The summed E-state index contributed by atoms with van der Waals surface area (Å²) in [6, 6.07) is 3.64. The lowest BCUT2D eigenvalue weighted by molar-refractivity contribution is 0.112. The summed E-state index contributed by atoms with van der Waals surface area (Å²) in [5.41, 5.74) is 2.65. The van der Waals surface area contributed by atoms with Crippen molar-refractivity contribution in [3.05, 3.63) is 41.5 Å². The Bertz CT molecular complexity index is 330. The lowest BCUT2D eigenvalue weighted by Crippen LogP contribution is -1.98. The first-order chi connectivity index (χ1) is 6.69. The molecular formula is C12H14O2. The third-order valence-corrected chi connectivity index (χ3v) is 1.96. The predicted molar refractivity (Wildman–Crippen MR) is 57.0 cm³/mol. The topological polar surface area (TPSA) is 26.3 Å². The van der Waals surface area contributed by atoms with Crippen LogP contribution in [0.4, 0.5) is 0 Å². The van der Waals surface area contributed by atoms with Gasteiger partial charge in [-0.15, -0.1) is 0 Å². The minimum atomic E-state index is 0.488. The van der Waals surface area contributed by atoms with Gasteiger partial charge in [-0.2, -0.15) is 0 Å². The monoisotopic (exact) mass is 190 g/mol. The molecule has 0 fully saturated rings. The van der Waals surface area contributed by atoms with Crippen LogP contribution in [-0.2, 0) is 0 Å². The molecule has 2 nitrogen and oxygen atoms in total. The fourth-order valence-corrected chi connectivity index (χ4v) is 1.42. The van der Waals surface area contributed by atoms with Gasteiger partial charge >= 0.3 is 0 Å². The Labute approximate surface area is 84.2 Å². The van der Waals surface area contributed by atoms with Crippen LogP contribution in [0.15, 0.2) is 24.8 Å². The molecule has 0 aromatic heterocycles. The van der Waals surface area contributed by atoms with Gasteiger partial charge in [0.05, 0.1) is 0 Å². The predicted octanol–water partition coefficient (Wildman–Crippen LogP) is 2.68. The van der Waals surface area contributed by atoms with Gasteiger partial charge in [0.15, 0.2) is 0 Å². The SMILES string of the molecule is C=CCOc1c(C)cc(C=O)cc1C. The number of ether oxygens (including phenoxy) is 1. The fraction of sp³-hybridized carbons (Fsp3) is 0.250. The van der Waals surface area contributed by atoms with Crippen LogP contribution in [-0.4, -0.2) is 12.9 Å². The van der Waals surface area contributed by atoms with Gasteiger partial charge in [0.25, 0.3) is 0 Å². The largest absolute Gasteiger partial charge is 0.489 e. The Morgan fingerprint density at radius 1 is 1.36 bits per heavy atom. The van der Waals surface area contributed by atoms with Crippen LogP contribution in [0.25, 0.3) is 0 Å². The molecular weight excluding hydrogens is 176 g/mol. The number of hydrogen-bond donors (Lipinski definition) is 0. The zero-order valence-electron chi connectivity index (χ0n) is 8.54. The van der Waals surface area contributed by atoms with E-state index in [1.54, 1.807) is 6.08 Å². The first kappa shape index (κ1) is 10.5. The second-order valence-electron chi connectivity index (χ2n) is 3.20. The summed E-state index contributed by atoms with van der Waals surface area (Å²) in [5, 5.41) is 0. The molecule has 0 saturated carbocycles. The lowest BCUT2D eigenvalue weighted by Gasteiger charge is -2.10. The molecule has 0 N–H and O–H groups in total. The minimum absolute atomic E-state index is 0.488. The van der Waals surface area contributed by atoms with Gasteiger partial charge in [-0.1, -0.05) is 12.7 Å².